The average molecular weight is 573 g/mol. The van der Waals surface area contributed by atoms with Crippen molar-refractivity contribution in [2.75, 3.05) is 0 Å². The van der Waals surface area contributed by atoms with Gasteiger partial charge in [-0.1, -0.05) is 140 Å². The lowest BCUT2D eigenvalue weighted by molar-refractivity contribution is -0.153. The Balaban J connectivity index is 1.29. The number of esters is 1. The molecule has 1 atom stereocenters. The smallest absolute Gasteiger partial charge is 0.328 e. The quantitative estimate of drug-likeness (QED) is 0.196. The fourth-order valence-corrected chi connectivity index (χ4v) is 7.34. The van der Waals surface area contributed by atoms with Crippen LogP contribution >= 0.6 is 0 Å². The van der Waals surface area contributed by atoms with Crippen molar-refractivity contribution < 1.29 is 9.53 Å². The summed E-state index contributed by atoms with van der Waals surface area (Å²) in [6.45, 7) is 0.805. The summed E-state index contributed by atoms with van der Waals surface area (Å²) in [6.07, 6.45) is 0.773. The zero-order valence-corrected chi connectivity index (χ0v) is 24.3. The van der Waals surface area contributed by atoms with Gasteiger partial charge in [-0.25, -0.2) is 4.79 Å². The molecule has 44 heavy (non-hydrogen) atoms. The van der Waals surface area contributed by atoms with Crippen molar-refractivity contribution in [3.8, 4) is 11.1 Å². The van der Waals surface area contributed by atoms with Crippen molar-refractivity contribution in [2.45, 2.75) is 31.2 Å². The summed E-state index contributed by atoms with van der Waals surface area (Å²) in [7, 11) is 0. The predicted octanol–water partition coefficient (Wildman–Crippen LogP) is 8.18. The second kappa shape index (κ2) is 10.8. The minimum Gasteiger partial charge on any atom is -0.459 e. The first kappa shape index (κ1) is 26.4. The van der Waals surface area contributed by atoms with Gasteiger partial charge in [-0.3, -0.25) is 4.90 Å². The number of nitrogens with zero attached hydrogens (tertiary/aromatic N) is 1. The highest BCUT2D eigenvalue weighted by Crippen LogP contribution is 2.58. The molecule has 0 unspecified atom stereocenters. The highest BCUT2D eigenvalue weighted by molar-refractivity contribution is 5.85. The van der Waals surface area contributed by atoms with Gasteiger partial charge in [-0.15, -0.1) is 0 Å². The summed E-state index contributed by atoms with van der Waals surface area (Å²) < 4.78 is 6.15. The SMILES string of the molecule is O=C(OCc1ccccc1)[C@@H]1c2cc(Cc3ccccc3)[nH]c2CN1C1(c2ccccc2)c2ccccc2-c2ccccc21. The van der Waals surface area contributed by atoms with Crippen LogP contribution in [0.25, 0.3) is 11.1 Å². The third kappa shape index (κ3) is 4.22. The van der Waals surface area contributed by atoms with Crippen LogP contribution in [0.5, 0.6) is 0 Å². The number of ether oxygens (including phenoxy) is 1. The number of benzene rings is 5. The third-order valence-corrected chi connectivity index (χ3v) is 9.16. The van der Waals surface area contributed by atoms with Crippen LogP contribution in [0.3, 0.4) is 0 Å². The summed E-state index contributed by atoms with van der Waals surface area (Å²) in [5, 5.41) is 0. The number of aromatic amines is 1. The van der Waals surface area contributed by atoms with E-state index in [1.54, 1.807) is 0 Å². The fourth-order valence-electron chi connectivity index (χ4n) is 7.34. The van der Waals surface area contributed by atoms with Crippen LogP contribution in [0.1, 0.15) is 50.8 Å². The van der Waals surface area contributed by atoms with Gasteiger partial charge in [0.15, 0.2) is 0 Å². The molecule has 1 N–H and O–H groups in total. The van der Waals surface area contributed by atoms with Gasteiger partial charge in [0.2, 0.25) is 0 Å². The minimum absolute atomic E-state index is 0.228. The molecule has 0 amide bonds. The molecule has 214 valence electrons. The van der Waals surface area contributed by atoms with Crippen LogP contribution in [0, 0.1) is 0 Å². The summed E-state index contributed by atoms with van der Waals surface area (Å²) in [4.78, 5) is 20.5. The molecule has 5 aromatic carbocycles. The predicted molar refractivity (Wildman–Crippen MR) is 173 cm³/mol. The van der Waals surface area contributed by atoms with E-state index in [1.165, 1.54) is 27.8 Å². The Labute approximate surface area is 257 Å². The molecule has 6 aromatic rings. The van der Waals surface area contributed by atoms with E-state index in [9.17, 15) is 4.79 Å². The molecule has 0 saturated carbocycles. The van der Waals surface area contributed by atoms with Crippen molar-refractivity contribution in [1.29, 1.82) is 0 Å². The van der Waals surface area contributed by atoms with E-state index in [0.29, 0.717) is 6.54 Å². The molecule has 0 fully saturated rings. The van der Waals surface area contributed by atoms with Crippen LogP contribution in [0.4, 0.5) is 0 Å². The number of carbonyl (C=O) groups is 1. The lowest BCUT2D eigenvalue weighted by Crippen LogP contribution is -2.48. The van der Waals surface area contributed by atoms with E-state index in [2.05, 4.69) is 119 Å². The number of rotatable bonds is 7. The molecule has 0 radical (unpaired) electrons. The number of H-pyrrole nitrogens is 1. The Morgan fingerprint density at radius 1 is 0.705 bits per heavy atom. The van der Waals surface area contributed by atoms with Gasteiger partial charge >= 0.3 is 5.97 Å². The third-order valence-electron chi connectivity index (χ3n) is 9.16. The van der Waals surface area contributed by atoms with Gasteiger partial charge in [-0.05, 0) is 45.0 Å². The molecule has 1 aliphatic carbocycles. The van der Waals surface area contributed by atoms with Gasteiger partial charge in [0.05, 0.1) is 5.54 Å². The van der Waals surface area contributed by atoms with Gasteiger partial charge in [0.25, 0.3) is 0 Å². The maximum Gasteiger partial charge on any atom is 0.328 e. The number of hydrogen-bond acceptors (Lipinski definition) is 3. The Morgan fingerprint density at radius 3 is 1.89 bits per heavy atom. The van der Waals surface area contributed by atoms with Gasteiger partial charge in [0.1, 0.15) is 12.6 Å². The van der Waals surface area contributed by atoms with E-state index in [4.69, 9.17) is 4.74 Å². The lowest BCUT2D eigenvalue weighted by Gasteiger charge is -2.44. The van der Waals surface area contributed by atoms with Gasteiger partial charge in [0, 0.05) is 29.9 Å². The van der Waals surface area contributed by atoms with Crippen molar-refractivity contribution in [3.63, 3.8) is 0 Å². The number of fused-ring (bicyclic) bond motifs is 4. The number of aromatic nitrogens is 1. The standard InChI is InChI=1S/C40H32N2O2/c43-39(44-27-29-16-6-2-7-17-29)38-34-25-31(24-28-14-4-1-5-15-28)41-37(34)26-42(38)40(30-18-8-3-9-19-30)35-22-12-10-20-32(35)33-21-11-13-23-36(33)40/h1-23,25,38,41H,24,26-27H2/t38-/m0/s1. The first-order valence-corrected chi connectivity index (χ1v) is 15.2. The second-order valence-corrected chi connectivity index (χ2v) is 11.7. The monoisotopic (exact) mass is 572 g/mol. The number of hydrogen-bond donors (Lipinski definition) is 1. The van der Waals surface area contributed by atoms with E-state index in [1.807, 2.05) is 36.4 Å². The second-order valence-electron chi connectivity index (χ2n) is 11.7. The fraction of sp³-hybridized carbons (Fsp3) is 0.125. The molecule has 2 heterocycles. The van der Waals surface area contributed by atoms with Gasteiger partial charge < -0.3 is 9.72 Å². The van der Waals surface area contributed by atoms with Crippen molar-refractivity contribution in [1.82, 2.24) is 9.88 Å². The first-order chi connectivity index (χ1) is 21.7. The van der Waals surface area contributed by atoms with E-state index < -0.39 is 11.6 Å². The van der Waals surface area contributed by atoms with Crippen LogP contribution in [0.2, 0.25) is 0 Å². The van der Waals surface area contributed by atoms with Crippen molar-refractivity contribution in [3.05, 3.63) is 190 Å². The van der Waals surface area contributed by atoms with Crippen LogP contribution in [0.15, 0.2) is 146 Å². The summed E-state index contributed by atoms with van der Waals surface area (Å²) >= 11 is 0. The van der Waals surface area contributed by atoms with Gasteiger partial charge in [-0.2, -0.15) is 0 Å². The maximum atomic E-state index is 14.4. The van der Waals surface area contributed by atoms with Crippen LogP contribution < -0.4 is 0 Å². The van der Waals surface area contributed by atoms with E-state index in [-0.39, 0.29) is 12.6 Å². The Bertz CT molecular complexity index is 1900. The number of nitrogens with one attached hydrogen (secondary N) is 1. The topological polar surface area (TPSA) is 45.3 Å². The van der Waals surface area contributed by atoms with Crippen LogP contribution in [-0.2, 0) is 34.6 Å². The molecule has 4 heteroatoms. The molecule has 0 saturated heterocycles. The maximum absolute atomic E-state index is 14.4. The van der Waals surface area contributed by atoms with Crippen LogP contribution in [-0.4, -0.2) is 15.9 Å². The highest BCUT2D eigenvalue weighted by Gasteiger charge is 2.55. The molecular formula is C40H32N2O2. The Hall–Kier alpha value is -5.19. The van der Waals surface area contributed by atoms with E-state index >= 15 is 0 Å². The molecule has 1 aromatic heterocycles. The number of carbonyl (C=O) groups excluding carboxylic acids is 1. The lowest BCUT2D eigenvalue weighted by atomic mass is 9.78. The molecule has 1 aliphatic heterocycles. The molecular weight excluding hydrogens is 540 g/mol. The summed E-state index contributed by atoms with van der Waals surface area (Å²) in [5.74, 6) is -0.241. The first-order valence-electron chi connectivity index (χ1n) is 15.2. The Kier molecular flexibility index (Phi) is 6.50. The minimum atomic E-state index is -0.690. The highest BCUT2D eigenvalue weighted by atomic mass is 16.5. The van der Waals surface area contributed by atoms with Crippen molar-refractivity contribution in [2.24, 2.45) is 0 Å². The zero-order valence-electron chi connectivity index (χ0n) is 24.3. The zero-order chi connectivity index (χ0) is 29.5. The summed E-state index contributed by atoms with van der Waals surface area (Å²) in [5.41, 5.74) is 10.6. The Morgan fingerprint density at radius 2 is 1.25 bits per heavy atom. The normalized spacial score (nSPS) is 16.2. The molecule has 2 aliphatic rings. The molecule has 8 rings (SSSR count). The molecule has 0 bridgehead atoms. The van der Waals surface area contributed by atoms with E-state index in [0.717, 1.165) is 34.5 Å². The summed E-state index contributed by atoms with van der Waals surface area (Å²) in [6, 6.07) is 49.8. The largest absolute Gasteiger partial charge is 0.459 e. The molecule has 0 spiro atoms. The van der Waals surface area contributed by atoms with Crippen molar-refractivity contribution >= 4 is 5.97 Å². The molecule has 4 nitrogen and oxygen atoms in total. The average Bonchev–Trinajstić information content (AvgIpc) is 3.73.